The first kappa shape index (κ1) is 12.5. The van der Waals surface area contributed by atoms with Crippen LogP contribution < -0.4 is 5.32 Å². The van der Waals surface area contributed by atoms with Crippen LogP contribution in [-0.4, -0.2) is 41.0 Å². The summed E-state index contributed by atoms with van der Waals surface area (Å²) in [5, 5.41) is 3.59. The van der Waals surface area contributed by atoms with E-state index in [-0.39, 0.29) is 0 Å². The fourth-order valence-corrected chi connectivity index (χ4v) is 2.66. The Bertz CT molecular complexity index is 555. The van der Waals surface area contributed by atoms with E-state index >= 15 is 0 Å². The number of benzene rings is 1. The Kier molecular flexibility index (Phi) is 3.71. The minimum Gasteiger partial charge on any atom is -0.307 e. The molecule has 1 aromatic heterocycles. The number of fused-ring (bicyclic) bond motifs is 1. The van der Waals surface area contributed by atoms with Crippen LogP contribution in [0.4, 0.5) is 0 Å². The van der Waals surface area contributed by atoms with Gasteiger partial charge in [0, 0.05) is 19.1 Å². The average molecular weight is 256 g/mol. The highest BCUT2D eigenvalue weighted by Crippen LogP contribution is 2.10. The third kappa shape index (κ3) is 3.08. The predicted molar refractivity (Wildman–Crippen MR) is 76.9 cm³/mol. The van der Waals surface area contributed by atoms with Crippen LogP contribution in [0.5, 0.6) is 0 Å². The minimum absolute atomic E-state index is 0.576. The van der Waals surface area contributed by atoms with Crippen molar-refractivity contribution in [2.45, 2.75) is 25.4 Å². The molecule has 4 nitrogen and oxygen atoms in total. The lowest BCUT2D eigenvalue weighted by molar-refractivity contribution is 0.226. The number of likely N-dealkylation sites (N-methyl/N-ethyl adjacent to an activating group) is 1. The van der Waals surface area contributed by atoms with Gasteiger partial charge in [0.1, 0.15) is 0 Å². The third-order valence-electron chi connectivity index (χ3n) is 3.69. The van der Waals surface area contributed by atoms with Gasteiger partial charge in [-0.2, -0.15) is 0 Å². The van der Waals surface area contributed by atoms with E-state index in [0.717, 1.165) is 29.8 Å². The molecule has 1 saturated heterocycles. The van der Waals surface area contributed by atoms with Crippen molar-refractivity contribution in [2.24, 2.45) is 0 Å². The van der Waals surface area contributed by atoms with Gasteiger partial charge in [-0.25, -0.2) is 4.98 Å². The summed E-state index contributed by atoms with van der Waals surface area (Å²) in [6, 6.07) is 8.58. The molecule has 1 fully saturated rings. The lowest BCUT2D eigenvalue weighted by Crippen LogP contribution is -2.43. The predicted octanol–water partition coefficient (Wildman–Crippen LogP) is 1.81. The maximum Gasteiger partial charge on any atom is 0.0890 e. The summed E-state index contributed by atoms with van der Waals surface area (Å²) in [6.07, 6.45) is 4.41. The van der Waals surface area contributed by atoms with Gasteiger partial charge in [0.05, 0.1) is 22.9 Å². The van der Waals surface area contributed by atoms with E-state index in [2.05, 4.69) is 27.2 Å². The number of nitrogens with one attached hydrogen (secondary N) is 1. The van der Waals surface area contributed by atoms with Crippen molar-refractivity contribution in [3.8, 4) is 0 Å². The maximum absolute atomic E-state index is 4.64. The van der Waals surface area contributed by atoms with E-state index in [1.165, 1.54) is 19.4 Å². The standard InChI is InChI=1S/C15H20N4/c1-19-8-4-5-12(11-19)16-9-13-10-17-14-6-2-3-7-15(14)18-13/h2-3,6-7,10,12,16H,4-5,8-9,11H2,1H3. The number of hydrogen-bond donors (Lipinski definition) is 1. The fourth-order valence-electron chi connectivity index (χ4n) is 2.66. The van der Waals surface area contributed by atoms with Crippen LogP contribution in [0, 0.1) is 0 Å². The Morgan fingerprint density at radius 1 is 1.32 bits per heavy atom. The zero-order valence-corrected chi connectivity index (χ0v) is 11.3. The molecule has 2 aromatic rings. The van der Waals surface area contributed by atoms with Gasteiger partial charge >= 0.3 is 0 Å². The number of hydrogen-bond acceptors (Lipinski definition) is 4. The Morgan fingerprint density at radius 2 is 2.16 bits per heavy atom. The van der Waals surface area contributed by atoms with Crippen LogP contribution >= 0.6 is 0 Å². The summed E-state index contributed by atoms with van der Waals surface area (Å²) in [4.78, 5) is 11.5. The summed E-state index contributed by atoms with van der Waals surface area (Å²) in [5.74, 6) is 0. The number of nitrogens with zero attached hydrogens (tertiary/aromatic N) is 3. The summed E-state index contributed by atoms with van der Waals surface area (Å²) in [5.41, 5.74) is 2.96. The Labute approximate surface area is 113 Å². The van der Waals surface area contributed by atoms with Crippen molar-refractivity contribution in [1.82, 2.24) is 20.2 Å². The van der Waals surface area contributed by atoms with Crippen LogP contribution in [0.2, 0.25) is 0 Å². The molecule has 0 aliphatic carbocycles. The smallest absolute Gasteiger partial charge is 0.0890 e. The Hall–Kier alpha value is -1.52. The van der Waals surface area contributed by atoms with Gasteiger partial charge in [0.2, 0.25) is 0 Å². The number of aromatic nitrogens is 2. The quantitative estimate of drug-likeness (QED) is 0.909. The second kappa shape index (κ2) is 5.63. The van der Waals surface area contributed by atoms with Gasteiger partial charge in [-0.3, -0.25) is 4.98 Å². The first-order valence-electron chi connectivity index (χ1n) is 6.94. The topological polar surface area (TPSA) is 41.0 Å². The largest absolute Gasteiger partial charge is 0.307 e. The third-order valence-corrected chi connectivity index (χ3v) is 3.69. The maximum atomic E-state index is 4.64. The molecule has 0 bridgehead atoms. The van der Waals surface area contributed by atoms with Gasteiger partial charge in [-0.15, -0.1) is 0 Å². The van der Waals surface area contributed by atoms with Crippen LogP contribution in [0.15, 0.2) is 30.5 Å². The molecule has 100 valence electrons. The highest BCUT2D eigenvalue weighted by Gasteiger charge is 2.16. The van der Waals surface area contributed by atoms with E-state index in [0.29, 0.717) is 6.04 Å². The zero-order valence-electron chi connectivity index (χ0n) is 11.3. The number of para-hydroxylation sites is 2. The molecule has 0 spiro atoms. The molecule has 1 atom stereocenters. The summed E-state index contributed by atoms with van der Waals surface area (Å²) in [6.45, 7) is 3.14. The molecule has 19 heavy (non-hydrogen) atoms. The lowest BCUT2D eigenvalue weighted by Gasteiger charge is -2.30. The van der Waals surface area contributed by atoms with Gasteiger partial charge in [-0.05, 0) is 38.6 Å². The normalized spacial score (nSPS) is 20.8. The first-order chi connectivity index (χ1) is 9.31. The van der Waals surface area contributed by atoms with Crippen molar-refractivity contribution in [3.63, 3.8) is 0 Å². The average Bonchev–Trinajstić information content (AvgIpc) is 2.45. The second-order valence-corrected chi connectivity index (χ2v) is 5.33. The van der Waals surface area contributed by atoms with E-state index < -0.39 is 0 Å². The highest BCUT2D eigenvalue weighted by molar-refractivity contribution is 5.73. The number of likely N-dealkylation sites (tertiary alicyclic amines) is 1. The first-order valence-corrected chi connectivity index (χ1v) is 6.94. The van der Waals surface area contributed by atoms with Crippen molar-refractivity contribution in [2.75, 3.05) is 20.1 Å². The van der Waals surface area contributed by atoms with Gasteiger partial charge < -0.3 is 10.2 Å². The summed E-state index contributed by atoms with van der Waals surface area (Å²) in [7, 11) is 2.18. The molecule has 1 aliphatic rings. The number of piperidine rings is 1. The summed E-state index contributed by atoms with van der Waals surface area (Å²) >= 11 is 0. The minimum atomic E-state index is 0.576. The van der Waals surface area contributed by atoms with Crippen molar-refractivity contribution < 1.29 is 0 Å². The van der Waals surface area contributed by atoms with Crippen LogP contribution in [0.3, 0.4) is 0 Å². The van der Waals surface area contributed by atoms with Gasteiger partial charge in [-0.1, -0.05) is 12.1 Å². The summed E-state index contributed by atoms with van der Waals surface area (Å²) < 4.78 is 0. The van der Waals surface area contributed by atoms with Crippen molar-refractivity contribution in [1.29, 1.82) is 0 Å². The van der Waals surface area contributed by atoms with E-state index in [4.69, 9.17) is 0 Å². The lowest BCUT2D eigenvalue weighted by atomic mass is 10.1. The molecular formula is C15H20N4. The van der Waals surface area contributed by atoms with Crippen LogP contribution in [0.1, 0.15) is 18.5 Å². The van der Waals surface area contributed by atoms with E-state index in [1.807, 2.05) is 30.5 Å². The van der Waals surface area contributed by atoms with E-state index in [9.17, 15) is 0 Å². The molecule has 1 N–H and O–H groups in total. The molecule has 1 aliphatic heterocycles. The molecule has 0 radical (unpaired) electrons. The van der Waals surface area contributed by atoms with Crippen molar-refractivity contribution >= 4 is 11.0 Å². The van der Waals surface area contributed by atoms with Crippen molar-refractivity contribution in [3.05, 3.63) is 36.2 Å². The van der Waals surface area contributed by atoms with Gasteiger partial charge in [0.25, 0.3) is 0 Å². The molecule has 1 unspecified atom stereocenters. The molecule has 4 heteroatoms. The SMILES string of the molecule is CN1CCCC(NCc2cnc3ccccc3n2)C1. The molecule has 0 saturated carbocycles. The fraction of sp³-hybridized carbons (Fsp3) is 0.467. The second-order valence-electron chi connectivity index (χ2n) is 5.33. The van der Waals surface area contributed by atoms with Crippen LogP contribution in [-0.2, 0) is 6.54 Å². The molecular weight excluding hydrogens is 236 g/mol. The monoisotopic (exact) mass is 256 g/mol. The highest BCUT2D eigenvalue weighted by atomic mass is 15.1. The molecule has 3 rings (SSSR count). The molecule has 2 heterocycles. The number of rotatable bonds is 3. The van der Waals surface area contributed by atoms with Crippen LogP contribution in [0.25, 0.3) is 11.0 Å². The molecule has 0 amide bonds. The van der Waals surface area contributed by atoms with E-state index in [1.54, 1.807) is 0 Å². The van der Waals surface area contributed by atoms with Gasteiger partial charge in [0.15, 0.2) is 0 Å². The Morgan fingerprint density at radius 3 is 3.00 bits per heavy atom. The Balaban J connectivity index is 1.64. The molecule has 1 aromatic carbocycles. The zero-order chi connectivity index (χ0) is 13.1.